The second kappa shape index (κ2) is 6.54. The molecule has 0 spiro atoms. The summed E-state index contributed by atoms with van der Waals surface area (Å²) in [6.07, 6.45) is 4.00. The minimum Gasteiger partial charge on any atom is -0.478 e. The van der Waals surface area contributed by atoms with Gasteiger partial charge in [-0.2, -0.15) is 0 Å². The molecule has 0 aromatic heterocycles. The molecule has 19 heavy (non-hydrogen) atoms. The third-order valence-corrected chi connectivity index (χ3v) is 2.76. The molecule has 0 aliphatic carbocycles. The van der Waals surface area contributed by atoms with E-state index >= 15 is 0 Å². The van der Waals surface area contributed by atoms with Gasteiger partial charge in [-0.3, -0.25) is 0 Å². The molecule has 1 aromatic rings. The van der Waals surface area contributed by atoms with Crippen LogP contribution in [0.5, 0.6) is 0 Å². The second-order valence-electron chi connectivity index (χ2n) is 3.90. The summed E-state index contributed by atoms with van der Waals surface area (Å²) in [5, 5.41) is 9.20. The summed E-state index contributed by atoms with van der Waals surface area (Å²) in [7, 11) is 1.29. The van der Waals surface area contributed by atoms with Crippen molar-refractivity contribution in [1.82, 2.24) is 0 Å². The average molecular weight is 260 g/mol. The average Bonchev–Trinajstić information content (AvgIpc) is 2.39. The topological polar surface area (TPSA) is 63.6 Å². The lowest BCUT2D eigenvalue weighted by atomic mass is 9.91. The lowest BCUT2D eigenvalue weighted by Crippen LogP contribution is -2.12. The number of esters is 1. The number of methoxy groups -OCH3 is 1. The van der Waals surface area contributed by atoms with Crippen molar-refractivity contribution in [2.45, 2.75) is 12.8 Å². The van der Waals surface area contributed by atoms with Gasteiger partial charge in [0.25, 0.3) is 0 Å². The highest BCUT2D eigenvalue weighted by molar-refractivity contribution is 5.96. The van der Waals surface area contributed by atoms with Crippen molar-refractivity contribution in [3.05, 3.63) is 59.7 Å². The largest absolute Gasteiger partial charge is 0.478 e. The second-order valence-corrected chi connectivity index (χ2v) is 3.90. The minimum atomic E-state index is -1.03. The smallest absolute Gasteiger partial charge is 0.338 e. The number of ether oxygens (including phenoxy) is 1. The first kappa shape index (κ1) is 14.7. The molecule has 0 heterocycles. The molecule has 0 atom stereocenters. The molecule has 4 nitrogen and oxygen atoms in total. The highest BCUT2D eigenvalue weighted by atomic mass is 16.5. The maximum Gasteiger partial charge on any atom is 0.338 e. The van der Waals surface area contributed by atoms with E-state index in [4.69, 9.17) is 4.74 Å². The van der Waals surface area contributed by atoms with Gasteiger partial charge in [-0.15, -0.1) is 13.2 Å². The Kier molecular flexibility index (Phi) is 5.06. The molecule has 0 aliphatic heterocycles. The van der Waals surface area contributed by atoms with E-state index in [-0.39, 0.29) is 5.56 Å². The Hall–Kier alpha value is -2.36. The van der Waals surface area contributed by atoms with Crippen LogP contribution in [0.15, 0.2) is 37.4 Å². The number of allylic oxidation sites excluding steroid dienone is 2. The summed E-state index contributed by atoms with van der Waals surface area (Å²) < 4.78 is 4.71. The van der Waals surface area contributed by atoms with Crippen molar-refractivity contribution in [1.29, 1.82) is 0 Å². The highest BCUT2D eigenvalue weighted by Gasteiger charge is 2.19. The van der Waals surface area contributed by atoms with Gasteiger partial charge in [-0.1, -0.05) is 12.2 Å². The number of carbonyl (C=O) groups excluding carboxylic acids is 1. The Morgan fingerprint density at radius 2 is 1.63 bits per heavy atom. The number of hydrogen-bond acceptors (Lipinski definition) is 3. The zero-order chi connectivity index (χ0) is 14.4. The molecule has 0 bridgehead atoms. The molecule has 0 amide bonds. The number of rotatable bonds is 6. The zero-order valence-electron chi connectivity index (χ0n) is 10.8. The Balaban J connectivity index is 3.56. The maximum atomic E-state index is 11.7. The molecular formula is C15H16O4. The van der Waals surface area contributed by atoms with Gasteiger partial charge in [0.05, 0.1) is 18.2 Å². The van der Waals surface area contributed by atoms with Crippen LogP contribution in [0.1, 0.15) is 31.8 Å². The number of hydrogen-bond donors (Lipinski definition) is 1. The van der Waals surface area contributed by atoms with E-state index < -0.39 is 11.9 Å². The van der Waals surface area contributed by atoms with Crippen molar-refractivity contribution in [2.75, 3.05) is 7.11 Å². The van der Waals surface area contributed by atoms with Gasteiger partial charge in [0.15, 0.2) is 0 Å². The van der Waals surface area contributed by atoms with Gasteiger partial charge in [0.2, 0.25) is 0 Å². The number of carboxylic acid groups (broad SMARTS) is 1. The molecule has 1 aromatic carbocycles. The first-order valence-corrected chi connectivity index (χ1v) is 5.75. The van der Waals surface area contributed by atoms with Crippen LogP contribution in [0.3, 0.4) is 0 Å². The van der Waals surface area contributed by atoms with Gasteiger partial charge in [-0.25, -0.2) is 9.59 Å². The molecule has 1 N–H and O–H groups in total. The van der Waals surface area contributed by atoms with E-state index in [1.807, 2.05) is 0 Å². The van der Waals surface area contributed by atoms with Crippen LogP contribution < -0.4 is 0 Å². The van der Waals surface area contributed by atoms with Gasteiger partial charge in [-0.05, 0) is 36.1 Å². The Morgan fingerprint density at radius 1 is 1.16 bits per heavy atom. The quantitative estimate of drug-likeness (QED) is 0.631. The van der Waals surface area contributed by atoms with Crippen molar-refractivity contribution >= 4 is 11.9 Å². The molecule has 0 saturated carbocycles. The summed E-state index contributed by atoms with van der Waals surface area (Å²) in [5.41, 5.74) is 1.74. The van der Waals surface area contributed by atoms with Crippen molar-refractivity contribution < 1.29 is 19.4 Å². The number of aromatic carboxylic acids is 1. The fraction of sp³-hybridized carbons (Fsp3) is 0.200. The molecule has 0 aliphatic rings. The van der Waals surface area contributed by atoms with Crippen molar-refractivity contribution in [3.63, 3.8) is 0 Å². The third kappa shape index (κ3) is 3.10. The lowest BCUT2D eigenvalue weighted by Gasteiger charge is -2.14. The summed E-state index contributed by atoms with van der Waals surface area (Å²) >= 11 is 0. The molecule has 0 saturated heterocycles. The highest BCUT2D eigenvalue weighted by Crippen LogP contribution is 2.22. The summed E-state index contributed by atoms with van der Waals surface area (Å²) in [5.74, 6) is -1.52. The van der Waals surface area contributed by atoms with Crippen LogP contribution in [-0.4, -0.2) is 24.2 Å². The lowest BCUT2D eigenvalue weighted by molar-refractivity contribution is 0.0597. The third-order valence-electron chi connectivity index (χ3n) is 2.76. The molecule has 1 rings (SSSR count). The number of benzene rings is 1. The normalized spacial score (nSPS) is 9.74. The molecule has 0 radical (unpaired) electrons. The SMILES string of the molecule is C=CCc1c(C(=O)O)ccc(C(=O)OC)c1CC=C. The van der Waals surface area contributed by atoms with Gasteiger partial charge >= 0.3 is 11.9 Å². The fourth-order valence-electron chi connectivity index (χ4n) is 1.95. The van der Waals surface area contributed by atoms with Crippen LogP contribution in [-0.2, 0) is 17.6 Å². The van der Waals surface area contributed by atoms with Crippen LogP contribution in [0.25, 0.3) is 0 Å². The monoisotopic (exact) mass is 260 g/mol. The van der Waals surface area contributed by atoms with E-state index in [1.165, 1.54) is 19.2 Å². The van der Waals surface area contributed by atoms with Crippen LogP contribution in [0.2, 0.25) is 0 Å². The maximum absolute atomic E-state index is 11.7. The first-order chi connectivity index (χ1) is 9.06. The van der Waals surface area contributed by atoms with Gasteiger partial charge in [0.1, 0.15) is 0 Å². The van der Waals surface area contributed by atoms with E-state index in [1.54, 1.807) is 12.2 Å². The van der Waals surface area contributed by atoms with E-state index in [0.29, 0.717) is 29.5 Å². The zero-order valence-corrected chi connectivity index (χ0v) is 10.8. The number of carbonyl (C=O) groups is 2. The standard InChI is InChI=1S/C15H16O4/c1-4-6-10-11(7-5-2)13(15(18)19-3)9-8-12(10)14(16)17/h4-5,8-9H,1-2,6-7H2,3H3,(H,16,17). The Bertz CT molecular complexity index is 529. The predicted molar refractivity (Wildman–Crippen MR) is 72.5 cm³/mol. The number of carboxylic acids is 1. The molecular weight excluding hydrogens is 244 g/mol. The molecule has 4 heteroatoms. The van der Waals surface area contributed by atoms with Crippen LogP contribution in [0.4, 0.5) is 0 Å². The predicted octanol–water partition coefficient (Wildman–Crippen LogP) is 2.63. The van der Waals surface area contributed by atoms with E-state index in [0.717, 1.165) is 0 Å². The Labute approximate surface area is 112 Å². The van der Waals surface area contributed by atoms with Gasteiger partial charge < -0.3 is 9.84 Å². The van der Waals surface area contributed by atoms with Crippen molar-refractivity contribution in [3.8, 4) is 0 Å². The molecule has 100 valence electrons. The first-order valence-electron chi connectivity index (χ1n) is 5.75. The summed E-state index contributed by atoms with van der Waals surface area (Å²) in [6.45, 7) is 7.25. The molecule has 0 unspecified atom stereocenters. The fourth-order valence-corrected chi connectivity index (χ4v) is 1.95. The van der Waals surface area contributed by atoms with Crippen LogP contribution in [0, 0.1) is 0 Å². The van der Waals surface area contributed by atoms with Crippen LogP contribution >= 0.6 is 0 Å². The molecule has 0 fully saturated rings. The Morgan fingerprint density at radius 3 is 2.05 bits per heavy atom. The summed E-state index contributed by atoms with van der Waals surface area (Å²) in [6, 6.07) is 2.89. The van der Waals surface area contributed by atoms with E-state index in [2.05, 4.69) is 13.2 Å². The van der Waals surface area contributed by atoms with Gasteiger partial charge in [0, 0.05) is 0 Å². The van der Waals surface area contributed by atoms with E-state index in [9.17, 15) is 14.7 Å². The minimum absolute atomic E-state index is 0.171. The summed E-state index contributed by atoms with van der Waals surface area (Å²) in [4.78, 5) is 22.9. The van der Waals surface area contributed by atoms with Crippen molar-refractivity contribution in [2.24, 2.45) is 0 Å².